The maximum absolute atomic E-state index is 4.54. The van der Waals surface area contributed by atoms with Crippen molar-refractivity contribution in [3.8, 4) is 0 Å². The van der Waals surface area contributed by atoms with Crippen molar-refractivity contribution >= 4 is 5.52 Å². The summed E-state index contributed by atoms with van der Waals surface area (Å²) in [6, 6.07) is 4.67. The molecular formula is C12H15N3. The van der Waals surface area contributed by atoms with E-state index < -0.39 is 0 Å². The van der Waals surface area contributed by atoms with Crippen LogP contribution in [0.4, 0.5) is 0 Å². The lowest BCUT2D eigenvalue weighted by atomic mass is 10.1. The molecule has 0 aromatic carbocycles. The van der Waals surface area contributed by atoms with E-state index in [-0.39, 0.29) is 0 Å². The van der Waals surface area contributed by atoms with Crippen molar-refractivity contribution in [2.45, 2.75) is 25.8 Å². The number of hydrogen-bond acceptors (Lipinski definition) is 2. The standard InChI is InChI=1S/C12H15N3/c1-9-4-3-7-15-8-14-11(12(9)15)10-5-2-6-13-10/h3-4,7-8,10,13H,2,5-6H2,1H3. The van der Waals surface area contributed by atoms with Crippen LogP contribution in [0.15, 0.2) is 24.7 Å². The average molecular weight is 201 g/mol. The van der Waals surface area contributed by atoms with Crippen LogP contribution < -0.4 is 5.32 Å². The van der Waals surface area contributed by atoms with Crippen LogP contribution >= 0.6 is 0 Å². The first-order chi connectivity index (χ1) is 7.36. The van der Waals surface area contributed by atoms with Crippen LogP contribution in [-0.4, -0.2) is 15.9 Å². The fourth-order valence-corrected chi connectivity index (χ4v) is 2.43. The van der Waals surface area contributed by atoms with Gasteiger partial charge in [-0.2, -0.15) is 0 Å². The Balaban J connectivity index is 2.18. The molecule has 0 saturated carbocycles. The van der Waals surface area contributed by atoms with Gasteiger partial charge in [-0.25, -0.2) is 4.98 Å². The van der Waals surface area contributed by atoms with E-state index in [0.717, 1.165) is 6.54 Å². The first kappa shape index (κ1) is 8.92. The van der Waals surface area contributed by atoms with Crippen LogP contribution in [-0.2, 0) is 0 Å². The molecule has 0 bridgehead atoms. The minimum absolute atomic E-state index is 0.455. The number of aryl methyl sites for hydroxylation is 1. The third-order valence-electron chi connectivity index (χ3n) is 3.18. The van der Waals surface area contributed by atoms with Gasteiger partial charge in [0.05, 0.1) is 23.6 Å². The van der Waals surface area contributed by atoms with Crippen LogP contribution in [0.1, 0.15) is 30.1 Å². The molecule has 0 amide bonds. The second-order valence-electron chi connectivity index (χ2n) is 4.23. The lowest BCUT2D eigenvalue weighted by Crippen LogP contribution is -2.13. The van der Waals surface area contributed by atoms with Gasteiger partial charge in [0.15, 0.2) is 0 Å². The molecule has 1 fully saturated rings. The summed E-state index contributed by atoms with van der Waals surface area (Å²) in [4.78, 5) is 4.54. The highest BCUT2D eigenvalue weighted by Gasteiger charge is 2.21. The summed E-state index contributed by atoms with van der Waals surface area (Å²) < 4.78 is 2.12. The molecule has 78 valence electrons. The summed E-state index contributed by atoms with van der Waals surface area (Å²) in [6.45, 7) is 3.27. The van der Waals surface area contributed by atoms with Crippen LogP contribution in [0.2, 0.25) is 0 Å². The largest absolute Gasteiger partial charge is 0.309 e. The Morgan fingerprint density at radius 1 is 1.53 bits per heavy atom. The SMILES string of the molecule is Cc1cccn2cnc(C3CCCN3)c12. The second-order valence-corrected chi connectivity index (χ2v) is 4.23. The van der Waals surface area contributed by atoms with Gasteiger partial charge in [-0.3, -0.25) is 0 Å². The average Bonchev–Trinajstić information content (AvgIpc) is 2.85. The molecule has 1 aliphatic heterocycles. The van der Waals surface area contributed by atoms with Gasteiger partial charge in [0.1, 0.15) is 0 Å². The minimum atomic E-state index is 0.455. The van der Waals surface area contributed by atoms with Crippen molar-refractivity contribution in [3.05, 3.63) is 35.9 Å². The van der Waals surface area contributed by atoms with Crippen LogP contribution in [0.25, 0.3) is 5.52 Å². The van der Waals surface area contributed by atoms with Crippen molar-refractivity contribution in [1.29, 1.82) is 0 Å². The lowest BCUT2D eigenvalue weighted by Gasteiger charge is -2.08. The number of nitrogens with one attached hydrogen (secondary N) is 1. The third kappa shape index (κ3) is 1.35. The van der Waals surface area contributed by atoms with E-state index in [9.17, 15) is 0 Å². The Morgan fingerprint density at radius 3 is 3.27 bits per heavy atom. The first-order valence-electron chi connectivity index (χ1n) is 5.52. The number of pyridine rings is 1. The van der Waals surface area contributed by atoms with E-state index in [1.807, 2.05) is 6.33 Å². The van der Waals surface area contributed by atoms with E-state index in [4.69, 9.17) is 0 Å². The molecule has 1 atom stereocenters. The number of aromatic nitrogens is 2. The molecule has 1 aliphatic rings. The normalized spacial score (nSPS) is 21.3. The Bertz CT molecular complexity index is 481. The highest BCUT2D eigenvalue weighted by atomic mass is 15.0. The van der Waals surface area contributed by atoms with Crippen molar-refractivity contribution < 1.29 is 0 Å². The third-order valence-corrected chi connectivity index (χ3v) is 3.18. The Kier molecular flexibility index (Phi) is 1.99. The molecular weight excluding hydrogens is 186 g/mol. The van der Waals surface area contributed by atoms with Gasteiger partial charge in [-0.05, 0) is 37.9 Å². The smallest absolute Gasteiger partial charge is 0.0996 e. The van der Waals surface area contributed by atoms with E-state index in [0.29, 0.717) is 6.04 Å². The summed E-state index contributed by atoms with van der Waals surface area (Å²) in [5, 5.41) is 3.50. The Labute approximate surface area is 89.1 Å². The van der Waals surface area contributed by atoms with Crippen molar-refractivity contribution in [2.75, 3.05) is 6.54 Å². The van der Waals surface area contributed by atoms with Crippen LogP contribution in [0, 0.1) is 6.92 Å². The van der Waals surface area contributed by atoms with Crippen molar-refractivity contribution in [2.24, 2.45) is 0 Å². The van der Waals surface area contributed by atoms with Gasteiger partial charge in [-0.15, -0.1) is 0 Å². The molecule has 0 radical (unpaired) electrons. The van der Waals surface area contributed by atoms with Gasteiger partial charge < -0.3 is 9.72 Å². The minimum Gasteiger partial charge on any atom is -0.309 e. The van der Waals surface area contributed by atoms with E-state index in [1.165, 1.54) is 29.6 Å². The number of hydrogen-bond donors (Lipinski definition) is 1. The van der Waals surface area contributed by atoms with Gasteiger partial charge in [0.2, 0.25) is 0 Å². The summed E-state index contributed by atoms with van der Waals surface area (Å²) in [5.41, 5.74) is 3.79. The molecule has 3 nitrogen and oxygen atoms in total. The predicted molar refractivity (Wildman–Crippen MR) is 59.9 cm³/mol. The van der Waals surface area contributed by atoms with E-state index in [2.05, 4.69) is 40.0 Å². The van der Waals surface area contributed by atoms with Gasteiger partial charge in [0, 0.05) is 6.20 Å². The molecule has 3 heterocycles. The highest BCUT2D eigenvalue weighted by molar-refractivity contribution is 5.59. The second kappa shape index (κ2) is 3.35. The van der Waals surface area contributed by atoms with Crippen molar-refractivity contribution in [3.63, 3.8) is 0 Å². The van der Waals surface area contributed by atoms with Gasteiger partial charge in [0.25, 0.3) is 0 Å². The fraction of sp³-hybridized carbons (Fsp3) is 0.417. The molecule has 1 saturated heterocycles. The van der Waals surface area contributed by atoms with Crippen LogP contribution in [0.3, 0.4) is 0 Å². The molecule has 2 aromatic rings. The molecule has 0 spiro atoms. The molecule has 1 unspecified atom stereocenters. The molecule has 2 aromatic heterocycles. The lowest BCUT2D eigenvalue weighted by molar-refractivity contribution is 0.636. The summed E-state index contributed by atoms with van der Waals surface area (Å²) in [7, 11) is 0. The fourth-order valence-electron chi connectivity index (χ4n) is 2.43. The van der Waals surface area contributed by atoms with E-state index >= 15 is 0 Å². The van der Waals surface area contributed by atoms with Gasteiger partial charge in [-0.1, -0.05) is 6.07 Å². The summed E-state index contributed by atoms with van der Waals surface area (Å²) in [5.74, 6) is 0. The summed E-state index contributed by atoms with van der Waals surface area (Å²) in [6.07, 6.45) is 6.45. The highest BCUT2D eigenvalue weighted by Crippen LogP contribution is 2.26. The number of nitrogens with zero attached hydrogens (tertiary/aromatic N) is 2. The first-order valence-corrected chi connectivity index (χ1v) is 5.52. The monoisotopic (exact) mass is 201 g/mol. The molecule has 3 heteroatoms. The molecule has 0 aliphatic carbocycles. The van der Waals surface area contributed by atoms with Crippen LogP contribution in [0.5, 0.6) is 0 Å². The predicted octanol–water partition coefficient (Wildman–Crippen LogP) is 2.07. The van der Waals surface area contributed by atoms with Gasteiger partial charge >= 0.3 is 0 Å². The number of imidazole rings is 1. The Morgan fingerprint density at radius 2 is 2.47 bits per heavy atom. The summed E-state index contributed by atoms with van der Waals surface area (Å²) >= 11 is 0. The Hall–Kier alpha value is -1.35. The molecule has 15 heavy (non-hydrogen) atoms. The maximum atomic E-state index is 4.54. The topological polar surface area (TPSA) is 29.3 Å². The van der Waals surface area contributed by atoms with E-state index in [1.54, 1.807) is 0 Å². The zero-order valence-electron chi connectivity index (χ0n) is 8.90. The van der Waals surface area contributed by atoms with Crippen molar-refractivity contribution in [1.82, 2.24) is 14.7 Å². The number of fused-ring (bicyclic) bond motifs is 1. The molecule has 1 N–H and O–H groups in total. The molecule has 3 rings (SSSR count). The quantitative estimate of drug-likeness (QED) is 0.765. The maximum Gasteiger partial charge on any atom is 0.0996 e. The number of rotatable bonds is 1. The zero-order chi connectivity index (χ0) is 10.3. The zero-order valence-corrected chi connectivity index (χ0v) is 8.90.